The highest BCUT2D eigenvalue weighted by atomic mass is 19.1. The fraction of sp³-hybridized carbons (Fsp3) is 0.0526. The number of hydrogen-bond donors (Lipinski definition) is 1. The molecule has 0 aliphatic carbocycles. The van der Waals surface area contributed by atoms with Gasteiger partial charge in [-0.05, 0) is 42.0 Å². The molecule has 1 N–H and O–H groups in total. The summed E-state index contributed by atoms with van der Waals surface area (Å²) < 4.78 is 18.4. The fourth-order valence-electron chi connectivity index (χ4n) is 2.47. The number of methoxy groups -OCH3 is 1. The highest BCUT2D eigenvalue weighted by molar-refractivity contribution is 6.20. The molecular weight excluding hydrogens is 307 g/mol. The third-order valence-electron chi connectivity index (χ3n) is 3.66. The number of carbonyl (C=O) groups is 1. The summed E-state index contributed by atoms with van der Waals surface area (Å²) in [4.78, 5) is 15.7. The van der Waals surface area contributed by atoms with E-state index < -0.39 is 11.6 Å². The van der Waals surface area contributed by atoms with Crippen LogP contribution in [0, 0.1) is 17.1 Å². The predicted octanol–water partition coefficient (Wildman–Crippen LogP) is 4.11. The number of nitrogens with one attached hydrogen (secondary N) is 1. The van der Waals surface area contributed by atoms with Crippen molar-refractivity contribution in [3.8, 4) is 11.8 Å². The van der Waals surface area contributed by atoms with Gasteiger partial charge in [0, 0.05) is 22.7 Å². The van der Waals surface area contributed by atoms with E-state index in [1.165, 1.54) is 24.3 Å². The number of benzene rings is 2. The average molecular weight is 320 g/mol. The van der Waals surface area contributed by atoms with E-state index >= 15 is 0 Å². The number of halogens is 1. The Morgan fingerprint density at radius 2 is 2.12 bits per heavy atom. The molecule has 0 radical (unpaired) electrons. The number of rotatable bonds is 4. The molecule has 1 heterocycles. The summed E-state index contributed by atoms with van der Waals surface area (Å²) in [5.74, 6) is -0.240. The minimum absolute atomic E-state index is 0.0654. The monoisotopic (exact) mass is 320 g/mol. The summed E-state index contributed by atoms with van der Waals surface area (Å²) in [6.07, 6.45) is 2.94. The van der Waals surface area contributed by atoms with Crippen LogP contribution in [0.5, 0.6) is 5.75 Å². The SMILES string of the molecule is COc1ccc2[nH]cc(C(=O)/C(C#N)=C/c3cccc(F)c3)c2c1. The number of Topliss-reactive ketones (excluding diaryl/α,β-unsaturated/α-hetero) is 1. The second kappa shape index (κ2) is 6.39. The summed E-state index contributed by atoms with van der Waals surface area (Å²) >= 11 is 0. The van der Waals surface area contributed by atoms with E-state index in [9.17, 15) is 14.4 Å². The maximum atomic E-state index is 13.3. The number of H-pyrrole nitrogens is 1. The van der Waals surface area contributed by atoms with E-state index in [4.69, 9.17) is 4.74 Å². The van der Waals surface area contributed by atoms with Crippen LogP contribution < -0.4 is 4.74 Å². The maximum absolute atomic E-state index is 13.3. The van der Waals surface area contributed by atoms with E-state index in [1.54, 1.807) is 37.6 Å². The van der Waals surface area contributed by atoms with Crippen LogP contribution in [-0.2, 0) is 0 Å². The second-order valence-corrected chi connectivity index (χ2v) is 5.17. The van der Waals surface area contributed by atoms with Crippen molar-refractivity contribution in [3.63, 3.8) is 0 Å². The van der Waals surface area contributed by atoms with E-state index in [-0.39, 0.29) is 5.57 Å². The molecule has 0 aliphatic heterocycles. The molecule has 3 rings (SSSR count). The highest BCUT2D eigenvalue weighted by Crippen LogP contribution is 2.26. The number of carbonyl (C=O) groups excluding carboxylic acids is 1. The lowest BCUT2D eigenvalue weighted by atomic mass is 10.0. The first-order chi connectivity index (χ1) is 11.6. The summed E-state index contributed by atoms with van der Waals surface area (Å²) in [5.41, 5.74) is 1.52. The van der Waals surface area contributed by atoms with Crippen LogP contribution in [-0.4, -0.2) is 17.9 Å². The molecule has 1 aromatic heterocycles. The van der Waals surface area contributed by atoms with Crippen molar-refractivity contribution in [2.45, 2.75) is 0 Å². The van der Waals surface area contributed by atoms with E-state index in [2.05, 4.69) is 4.98 Å². The van der Waals surface area contributed by atoms with Gasteiger partial charge in [-0.2, -0.15) is 5.26 Å². The van der Waals surface area contributed by atoms with Crippen LogP contribution in [0.15, 0.2) is 54.2 Å². The van der Waals surface area contributed by atoms with Crippen LogP contribution in [0.2, 0.25) is 0 Å². The lowest BCUT2D eigenvalue weighted by molar-refractivity contribution is 0.104. The van der Waals surface area contributed by atoms with Gasteiger partial charge in [0.15, 0.2) is 0 Å². The van der Waals surface area contributed by atoms with Crippen molar-refractivity contribution < 1.29 is 13.9 Å². The highest BCUT2D eigenvalue weighted by Gasteiger charge is 2.17. The molecule has 0 spiro atoms. The normalized spacial score (nSPS) is 11.3. The van der Waals surface area contributed by atoms with Gasteiger partial charge in [0.25, 0.3) is 0 Å². The van der Waals surface area contributed by atoms with Gasteiger partial charge in [-0.25, -0.2) is 4.39 Å². The number of hydrogen-bond acceptors (Lipinski definition) is 3. The number of fused-ring (bicyclic) bond motifs is 1. The number of ether oxygens (including phenoxy) is 1. The molecule has 118 valence electrons. The molecule has 3 aromatic rings. The second-order valence-electron chi connectivity index (χ2n) is 5.17. The average Bonchev–Trinajstić information content (AvgIpc) is 3.02. The summed E-state index contributed by atoms with van der Waals surface area (Å²) in [5, 5.41) is 10.00. The largest absolute Gasteiger partial charge is 0.497 e. The maximum Gasteiger partial charge on any atom is 0.205 e. The molecule has 0 fully saturated rings. The molecule has 0 saturated heterocycles. The van der Waals surface area contributed by atoms with Gasteiger partial charge in [0.2, 0.25) is 5.78 Å². The van der Waals surface area contributed by atoms with Crippen LogP contribution >= 0.6 is 0 Å². The Labute approximate surface area is 137 Å². The van der Waals surface area contributed by atoms with Crippen molar-refractivity contribution in [1.29, 1.82) is 5.26 Å². The van der Waals surface area contributed by atoms with Crippen molar-refractivity contribution in [2.75, 3.05) is 7.11 Å². The molecule has 24 heavy (non-hydrogen) atoms. The summed E-state index contributed by atoms with van der Waals surface area (Å²) in [7, 11) is 1.54. The first-order valence-corrected chi connectivity index (χ1v) is 7.19. The van der Waals surface area contributed by atoms with Crippen LogP contribution in [0.25, 0.3) is 17.0 Å². The van der Waals surface area contributed by atoms with Crippen molar-refractivity contribution in [1.82, 2.24) is 4.98 Å². The number of ketones is 1. The van der Waals surface area contributed by atoms with Gasteiger partial charge >= 0.3 is 0 Å². The van der Waals surface area contributed by atoms with Crippen molar-refractivity contribution in [2.24, 2.45) is 0 Å². The summed E-state index contributed by atoms with van der Waals surface area (Å²) in [6.45, 7) is 0. The Balaban J connectivity index is 2.05. The van der Waals surface area contributed by atoms with E-state index in [0.717, 1.165) is 5.52 Å². The number of allylic oxidation sites excluding steroid dienone is 1. The smallest absolute Gasteiger partial charge is 0.205 e. The third kappa shape index (κ3) is 2.90. The zero-order valence-electron chi connectivity index (χ0n) is 12.8. The Morgan fingerprint density at radius 3 is 2.83 bits per heavy atom. The van der Waals surface area contributed by atoms with E-state index in [0.29, 0.717) is 22.3 Å². The predicted molar refractivity (Wildman–Crippen MR) is 89.2 cm³/mol. The Kier molecular flexibility index (Phi) is 4.13. The molecule has 4 nitrogen and oxygen atoms in total. The van der Waals surface area contributed by atoms with Gasteiger partial charge in [-0.3, -0.25) is 4.79 Å². The molecule has 5 heteroatoms. The van der Waals surface area contributed by atoms with Crippen LogP contribution in [0.3, 0.4) is 0 Å². The molecule has 0 unspecified atom stereocenters. The molecule has 0 atom stereocenters. The topological polar surface area (TPSA) is 65.9 Å². The van der Waals surface area contributed by atoms with Crippen LogP contribution in [0.1, 0.15) is 15.9 Å². The molecule has 2 aromatic carbocycles. The Hall–Kier alpha value is -3.39. The fourth-order valence-corrected chi connectivity index (χ4v) is 2.47. The first kappa shape index (κ1) is 15.5. The number of aromatic nitrogens is 1. The quantitative estimate of drug-likeness (QED) is 0.447. The molecule has 0 bridgehead atoms. The van der Waals surface area contributed by atoms with E-state index in [1.807, 2.05) is 6.07 Å². The van der Waals surface area contributed by atoms with Crippen molar-refractivity contribution >= 4 is 22.8 Å². The first-order valence-electron chi connectivity index (χ1n) is 7.19. The lowest BCUT2D eigenvalue weighted by Crippen LogP contribution is -2.01. The molecular formula is C19H13FN2O2. The van der Waals surface area contributed by atoms with Gasteiger partial charge in [0.1, 0.15) is 23.2 Å². The minimum atomic E-state index is -0.429. The zero-order chi connectivity index (χ0) is 17.1. The Bertz CT molecular complexity index is 996. The van der Waals surface area contributed by atoms with Crippen LogP contribution in [0.4, 0.5) is 4.39 Å². The zero-order valence-corrected chi connectivity index (χ0v) is 12.8. The van der Waals surface area contributed by atoms with Gasteiger partial charge in [0.05, 0.1) is 7.11 Å². The number of nitriles is 1. The van der Waals surface area contributed by atoms with Gasteiger partial charge in [-0.1, -0.05) is 12.1 Å². The molecule has 0 saturated carbocycles. The Morgan fingerprint density at radius 1 is 1.29 bits per heavy atom. The van der Waals surface area contributed by atoms with Gasteiger partial charge < -0.3 is 9.72 Å². The molecule has 0 amide bonds. The number of nitrogens with zero attached hydrogens (tertiary/aromatic N) is 1. The lowest BCUT2D eigenvalue weighted by Gasteiger charge is -2.02. The van der Waals surface area contributed by atoms with Gasteiger partial charge in [-0.15, -0.1) is 0 Å². The minimum Gasteiger partial charge on any atom is -0.497 e. The molecule has 0 aliphatic rings. The third-order valence-corrected chi connectivity index (χ3v) is 3.66. The standard InChI is InChI=1S/C19H13FN2O2/c1-24-15-5-6-18-16(9-15)17(11-22-18)19(23)13(10-21)7-12-3-2-4-14(20)8-12/h2-9,11,22H,1H3/b13-7+. The van der Waals surface area contributed by atoms with Crippen molar-refractivity contribution in [3.05, 3.63) is 71.2 Å². The number of aromatic amines is 1. The summed E-state index contributed by atoms with van der Waals surface area (Å²) in [6, 6.07) is 12.9.